The zero-order chi connectivity index (χ0) is 14.4. The standard InChI is InChI=1S/C14H26N2O3/c1-4-10(3)12(13(17)18)16-14(19)15-11-7-5-6-9(2)8-11/h9-12H,4-8H2,1-3H3,(H,17,18)(H2,15,16,19)/t9?,10?,11?,12-/m0/s1. The zero-order valence-corrected chi connectivity index (χ0v) is 12.1. The van der Waals surface area contributed by atoms with Gasteiger partial charge in [0, 0.05) is 6.04 Å². The smallest absolute Gasteiger partial charge is 0.326 e. The molecule has 0 bridgehead atoms. The molecule has 5 heteroatoms. The molecule has 0 radical (unpaired) electrons. The first-order valence-electron chi connectivity index (χ1n) is 7.23. The molecule has 0 aliphatic heterocycles. The van der Waals surface area contributed by atoms with E-state index >= 15 is 0 Å². The normalized spacial score (nSPS) is 26.3. The minimum Gasteiger partial charge on any atom is -0.480 e. The van der Waals surface area contributed by atoms with Gasteiger partial charge in [-0.15, -0.1) is 0 Å². The minimum absolute atomic E-state index is 0.0754. The van der Waals surface area contributed by atoms with Crippen molar-refractivity contribution in [3.05, 3.63) is 0 Å². The quantitative estimate of drug-likeness (QED) is 0.717. The van der Waals surface area contributed by atoms with Crippen molar-refractivity contribution in [1.29, 1.82) is 0 Å². The van der Waals surface area contributed by atoms with Crippen LogP contribution in [0.2, 0.25) is 0 Å². The fourth-order valence-corrected chi connectivity index (χ4v) is 2.62. The van der Waals surface area contributed by atoms with Crippen LogP contribution >= 0.6 is 0 Å². The summed E-state index contributed by atoms with van der Waals surface area (Å²) in [5.74, 6) is -0.418. The Morgan fingerprint density at radius 1 is 1.37 bits per heavy atom. The van der Waals surface area contributed by atoms with E-state index in [0.717, 1.165) is 25.7 Å². The summed E-state index contributed by atoms with van der Waals surface area (Å²) < 4.78 is 0. The van der Waals surface area contributed by atoms with Gasteiger partial charge in [0.1, 0.15) is 6.04 Å². The highest BCUT2D eigenvalue weighted by atomic mass is 16.4. The van der Waals surface area contributed by atoms with Gasteiger partial charge in [0.2, 0.25) is 0 Å². The summed E-state index contributed by atoms with van der Waals surface area (Å²) in [6.45, 7) is 5.94. The van der Waals surface area contributed by atoms with Gasteiger partial charge in [-0.3, -0.25) is 0 Å². The number of carboxylic acids is 1. The molecule has 0 aromatic heterocycles. The van der Waals surface area contributed by atoms with Gasteiger partial charge in [0.15, 0.2) is 0 Å². The maximum atomic E-state index is 11.9. The maximum absolute atomic E-state index is 11.9. The van der Waals surface area contributed by atoms with Gasteiger partial charge in [-0.25, -0.2) is 9.59 Å². The van der Waals surface area contributed by atoms with E-state index in [4.69, 9.17) is 5.11 Å². The van der Waals surface area contributed by atoms with E-state index in [1.54, 1.807) is 0 Å². The molecule has 5 nitrogen and oxygen atoms in total. The van der Waals surface area contributed by atoms with Gasteiger partial charge in [-0.1, -0.05) is 40.0 Å². The lowest BCUT2D eigenvalue weighted by Crippen LogP contribution is -2.52. The first-order chi connectivity index (χ1) is 8.93. The van der Waals surface area contributed by atoms with E-state index in [9.17, 15) is 9.59 Å². The molecule has 3 unspecified atom stereocenters. The van der Waals surface area contributed by atoms with Gasteiger partial charge in [0.05, 0.1) is 0 Å². The van der Waals surface area contributed by atoms with Crippen LogP contribution in [-0.2, 0) is 4.79 Å². The molecular weight excluding hydrogens is 244 g/mol. The van der Waals surface area contributed by atoms with Crippen LogP contribution < -0.4 is 10.6 Å². The number of carboxylic acid groups (broad SMARTS) is 1. The van der Waals surface area contributed by atoms with E-state index in [0.29, 0.717) is 5.92 Å². The van der Waals surface area contributed by atoms with Crippen LogP contribution in [0.3, 0.4) is 0 Å². The summed E-state index contributed by atoms with van der Waals surface area (Å²) in [6.07, 6.45) is 5.02. The Hall–Kier alpha value is -1.26. The Morgan fingerprint density at radius 3 is 2.58 bits per heavy atom. The van der Waals surface area contributed by atoms with Gasteiger partial charge in [-0.2, -0.15) is 0 Å². The summed E-state index contributed by atoms with van der Waals surface area (Å²) in [6, 6.07) is -0.993. The molecule has 0 aromatic rings. The second-order valence-corrected chi connectivity index (χ2v) is 5.79. The van der Waals surface area contributed by atoms with Gasteiger partial charge < -0.3 is 15.7 Å². The SMILES string of the molecule is CCC(C)[C@H](NC(=O)NC1CCCC(C)C1)C(=O)O. The summed E-state index contributed by atoms with van der Waals surface area (Å²) in [5.41, 5.74) is 0. The third-order valence-corrected chi connectivity index (χ3v) is 4.04. The molecule has 110 valence electrons. The summed E-state index contributed by atoms with van der Waals surface area (Å²) >= 11 is 0. The van der Waals surface area contributed by atoms with Crippen LogP contribution in [0.25, 0.3) is 0 Å². The van der Waals surface area contributed by atoms with Crippen LogP contribution in [-0.4, -0.2) is 29.2 Å². The number of aliphatic carboxylic acids is 1. The Kier molecular flexibility index (Phi) is 6.12. The highest BCUT2D eigenvalue weighted by Gasteiger charge is 2.27. The van der Waals surface area contributed by atoms with Crippen molar-refractivity contribution in [3.63, 3.8) is 0 Å². The number of rotatable bonds is 5. The van der Waals surface area contributed by atoms with Crippen LogP contribution in [0.15, 0.2) is 0 Å². The Bertz CT molecular complexity index is 320. The second-order valence-electron chi connectivity index (χ2n) is 5.79. The Balaban J connectivity index is 2.46. The predicted molar refractivity (Wildman–Crippen MR) is 74.0 cm³/mol. The van der Waals surface area contributed by atoms with E-state index in [1.165, 1.54) is 6.42 Å². The molecule has 0 aromatic carbocycles. The van der Waals surface area contributed by atoms with E-state index in [-0.39, 0.29) is 18.0 Å². The molecule has 1 aliphatic rings. The van der Waals surface area contributed by atoms with Crippen molar-refractivity contribution in [2.75, 3.05) is 0 Å². The minimum atomic E-state index is -0.971. The summed E-state index contributed by atoms with van der Waals surface area (Å²) in [4.78, 5) is 23.0. The van der Waals surface area contributed by atoms with Crippen molar-refractivity contribution in [3.8, 4) is 0 Å². The second kappa shape index (κ2) is 7.36. The van der Waals surface area contributed by atoms with E-state index in [1.807, 2.05) is 13.8 Å². The van der Waals surface area contributed by atoms with Crippen molar-refractivity contribution < 1.29 is 14.7 Å². The fraction of sp³-hybridized carbons (Fsp3) is 0.857. The number of urea groups is 1. The fourth-order valence-electron chi connectivity index (χ4n) is 2.62. The first-order valence-corrected chi connectivity index (χ1v) is 7.23. The summed E-state index contributed by atoms with van der Waals surface area (Å²) in [7, 11) is 0. The summed E-state index contributed by atoms with van der Waals surface area (Å²) in [5, 5.41) is 14.6. The molecular formula is C14H26N2O3. The maximum Gasteiger partial charge on any atom is 0.326 e. The molecule has 0 saturated heterocycles. The molecule has 1 aliphatic carbocycles. The number of carbonyl (C=O) groups is 2. The van der Waals surface area contributed by atoms with Crippen LogP contribution in [0, 0.1) is 11.8 Å². The molecule has 1 rings (SSSR count). The topological polar surface area (TPSA) is 78.4 Å². The highest BCUT2D eigenvalue weighted by Crippen LogP contribution is 2.23. The molecule has 4 atom stereocenters. The van der Waals surface area contributed by atoms with Crippen molar-refractivity contribution >= 4 is 12.0 Å². The lowest BCUT2D eigenvalue weighted by Gasteiger charge is -2.28. The number of carbonyl (C=O) groups excluding carboxylic acids is 1. The average Bonchev–Trinajstić information content (AvgIpc) is 2.34. The van der Waals surface area contributed by atoms with Crippen LogP contribution in [0.5, 0.6) is 0 Å². The predicted octanol–water partition coefficient (Wildman–Crippen LogP) is 2.36. The average molecular weight is 270 g/mol. The van der Waals surface area contributed by atoms with Crippen molar-refractivity contribution in [1.82, 2.24) is 10.6 Å². The largest absolute Gasteiger partial charge is 0.480 e. The molecule has 2 amide bonds. The lowest BCUT2D eigenvalue weighted by molar-refractivity contribution is -0.140. The molecule has 0 heterocycles. The van der Waals surface area contributed by atoms with E-state index in [2.05, 4.69) is 17.6 Å². The molecule has 1 fully saturated rings. The lowest BCUT2D eigenvalue weighted by atomic mass is 9.87. The van der Waals surface area contributed by atoms with Gasteiger partial charge in [0.25, 0.3) is 0 Å². The number of nitrogens with one attached hydrogen (secondary N) is 2. The number of hydrogen-bond acceptors (Lipinski definition) is 2. The molecule has 19 heavy (non-hydrogen) atoms. The van der Waals surface area contributed by atoms with Crippen LogP contribution in [0.4, 0.5) is 4.79 Å². The monoisotopic (exact) mass is 270 g/mol. The molecule has 3 N–H and O–H groups in total. The van der Waals surface area contributed by atoms with Crippen molar-refractivity contribution in [2.45, 2.75) is 65.0 Å². The first kappa shape index (κ1) is 15.8. The Morgan fingerprint density at radius 2 is 2.05 bits per heavy atom. The number of hydrogen-bond donors (Lipinski definition) is 3. The van der Waals surface area contributed by atoms with Gasteiger partial charge >= 0.3 is 12.0 Å². The highest BCUT2D eigenvalue weighted by molar-refractivity contribution is 5.82. The third kappa shape index (κ3) is 5.09. The van der Waals surface area contributed by atoms with Crippen LogP contribution in [0.1, 0.15) is 52.9 Å². The molecule has 1 saturated carbocycles. The zero-order valence-electron chi connectivity index (χ0n) is 12.1. The Labute approximate surface area is 115 Å². The third-order valence-electron chi connectivity index (χ3n) is 4.04. The van der Waals surface area contributed by atoms with E-state index < -0.39 is 12.0 Å². The van der Waals surface area contributed by atoms with Gasteiger partial charge in [-0.05, 0) is 24.7 Å². The van der Waals surface area contributed by atoms with Crippen molar-refractivity contribution in [2.24, 2.45) is 11.8 Å². The number of amides is 2. The molecule has 0 spiro atoms.